The van der Waals surface area contributed by atoms with Crippen LogP contribution in [-0.2, 0) is 13.6 Å². The molecule has 2 heterocycles. The molecule has 0 atom stereocenters. The second-order valence-electron chi connectivity index (χ2n) is 3.31. The molecular weight excluding hydrogens is 190 g/mol. The van der Waals surface area contributed by atoms with Gasteiger partial charge in [-0.05, 0) is 12.1 Å². The summed E-state index contributed by atoms with van der Waals surface area (Å²) in [6, 6.07) is 5.64. The average Bonchev–Trinajstić information content (AvgIpc) is 2.64. The van der Waals surface area contributed by atoms with Crippen LogP contribution in [0.5, 0.6) is 0 Å². The average molecular weight is 203 g/mol. The van der Waals surface area contributed by atoms with Crippen molar-refractivity contribution in [2.45, 2.75) is 6.54 Å². The third-order valence-electron chi connectivity index (χ3n) is 2.01. The molecule has 2 aromatic rings. The van der Waals surface area contributed by atoms with E-state index in [9.17, 15) is 0 Å². The molecule has 0 amide bonds. The van der Waals surface area contributed by atoms with Crippen LogP contribution < -0.4 is 11.1 Å². The molecule has 0 aliphatic carbocycles. The number of nitrogens with zero attached hydrogens (tertiary/aromatic N) is 3. The van der Waals surface area contributed by atoms with E-state index in [0.29, 0.717) is 12.2 Å². The van der Waals surface area contributed by atoms with Gasteiger partial charge in [-0.15, -0.1) is 0 Å². The molecule has 2 aromatic heterocycles. The molecule has 0 bridgehead atoms. The third kappa shape index (κ3) is 2.46. The van der Waals surface area contributed by atoms with Gasteiger partial charge in [0.15, 0.2) is 0 Å². The number of aromatic nitrogens is 3. The van der Waals surface area contributed by atoms with E-state index >= 15 is 0 Å². The van der Waals surface area contributed by atoms with Gasteiger partial charge in [0.1, 0.15) is 5.82 Å². The maximum absolute atomic E-state index is 5.54. The summed E-state index contributed by atoms with van der Waals surface area (Å²) in [6.07, 6.45) is 3.54. The third-order valence-corrected chi connectivity index (χ3v) is 2.01. The highest BCUT2D eigenvalue weighted by Crippen LogP contribution is 2.05. The molecule has 3 N–H and O–H groups in total. The molecule has 15 heavy (non-hydrogen) atoms. The molecular formula is C10H13N5. The lowest BCUT2D eigenvalue weighted by Crippen LogP contribution is -2.02. The lowest BCUT2D eigenvalue weighted by molar-refractivity contribution is 0.768. The number of nitrogen functional groups attached to an aromatic ring is 1. The van der Waals surface area contributed by atoms with Crippen LogP contribution in [0.3, 0.4) is 0 Å². The number of pyridine rings is 1. The first-order valence-electron chi connectivity index (χ1n) is 4.68. The number of nitrogens with one attached hydrogen (secondary N) is 1. The van der Waals surface area contributed by atoms with Crippen LogP contribution >= 0.6 is 0 Å². The van der Waals surface area contributed by atoms with E-state index in [-0.39, 0.29) is 0 Å². The predicted octanol–water partition coefficient (Wildman–Crippen LogP) is 1.01. The molecule has 78 valence electrons. The number of aryl methyl sites for hydroxylation is 1. The summed E-state index contributed by atoms with van der Waals surface area (Å²) in [6.45, 7) is 0.650. The van der Waals surface area contributed by atoms with Crippen molar-refractivity contribution in [3.8, 4) is 0 Å². The summed E-state index contributed by atoms with van der Waals surface area (Å²) < 4.78 is 1.75. The maximum atomic E-state index is 5.54. The summed E-state index contributed by atoms with van der Waals surface area (Å²) in [4.78, 5) is 4.18. The van der Waals surface area contributed by atoms with E-state index in [4.69, 9.17) is 5.73 Å². The van der Waals surface area contributed by atoms with Crippen molar-refractivity contribution < 1.29 is 0 Å². The fourth-order valence-electron chi connectivity index (χ4n) is 1.23. The fourth-order valence-corrected chi connectivity index (χ4v) is 1.23. The number of nitrogens with two attached hydrogens (primary N) is 1. The Hall–Kier alpha value is -2.04. The topological polar surface area (TPSA) is 68.8 Å². The first-order chi connectivity index (χ1) is 7.24. The Morgan fingerprint density at radius 2 is 2.27 bits per heavy atom. The Morgan fingerprint density at radius 1 is 1.40 bits per heavy atom. The summed E-state index contributed by atoms with van der Waals surface area (Å²) in [5, 5.41) is 7.36. The van der Waals surface area contributed by atoms with Gasteiger partial charge in [-0.1, -0.05) is 0 Å². The maximum Gasteiger partial charge on any atom is 0.148 e. The molecule has 0 unspecified atom stereocenters. The van der Waals surface area contributed by atoms with Gasteiger partial charge >= 0.3 is 0 Å². The van der Waals surface area contributed by atoms with Crippen LogP contribution in [0.4, 0.5) is 11.5 Å². The second kappa shape index (κ2) is 4.00. The molecule has 0 saturated heterocycles. The Bertz CT molecular complexity index is 431. The largest absolute Gasteiger partial charge is 0.397 e. The van der Waals surface area contributed by atoms with Crippen LogP contribution in [0.25, 0.3) is 0 Å². The fraction of sp³-hybridized carbons (Fsp3) is 0.200. The van der Waals surface area contributed by atoms with Gasteiger partial charge in [-0.3, -0.25) is 9.67 Å². The Morgan fingerprint density at radius 3 is 2.87 bits per heavy atom. The highest BCUT2D eigenvalue weighted by molar-refractivity contribution is 5.36. The van der Waals surface area contributed by atoms with Crippen LogP contribution in [0, 0.1) is 0 Å². The quantitative estimate of drug-likeness (QED) is 0.781. The van der Waals surface area contributed by atoms with Crippen molar-refractivity contribution >= 4 is 11.5 Å². The van der Waals surface area contributed by atoms with E-state index in [2.05, 4.69) is 15.4 Å². The van der Waals surface area contributed by atoms with Crippen molar-refractivity contribution in [3.05, 3.63) is 36.3 Å². The smallest absolute Gasteiger partial charge is 0.148 e. The molecule has 2 rings (SSSR count). The van der Waals surface area contributed by atoms with E-state index in [0.717, 1.165) is 11.5 Å². The van der Waals surface area contributed by atoms with Crippen LogP contribution in [0.1, 0.15) is 5.69 Å². The Kier molecular flexibility index (Phi) is 2.53. The highest BCUT2D eigenvalue weighted by Gasteiger charge is 1.97. The van der Waals surface area contributed by atoms with E-state index in [1.54, 1.807) is 10.9 Å². The molecule has 0 aromatic carbocycles. The SMILES string of the molecule is Cn1ccc(NCc2ccc(N)cn2)n1. The molecule has 0 radical (unpaired) electrons. The van der Waals surface area contributed by atoms with Gasteiger partial charge in [-0.25, -0.2) is 0 Å². The first-order valence-corrected chi connectivity index (χ1v) is 4.68. The molecule has 0 saturated carbocycles. The number of rotatable bonds is 3. The normalized spacial score (nSPS) is 10.2. The predicted molar refractivity (Wildman–Crippen MR) is 59.2 cm³/mol. The zero-order chi connectivity index (χ0) is 10.7. The van der Waals surface area contributed by atoms with Crippen LogP contribution in [0.2, 0.25) is 0 Å². The second-order valence-corrected chi connectivity index (χ2v) is 3.31. The summed E-state index contributed by atoms with van der Waals surface area (Å²) >= 11 is 0. The monoisotopic (exact) mass is 203 g/mol. The van der Waals surface area contributed by atoms with Crippen molar-refractivity contribution in [1.29, 1.82) is 0 Å². The lowest BCUT2D eigenvalue weighted by atomic mass is 10.3. The van der Waals surface area contributed by atoms with E-state index in [1.165, 1.54) is 0 Å². The number of hydrogen-bond acceptors (Lipinski definition) is 4. The zero-order valence-corrected chi connectivity index (χ0v) is 8.51. The minimum absolute atomic E-state index is 0.650. The Balaban J connectivity index is 1.96. The van der Waals surface area contributed by atoms with Crippen molar-refractivity contribution in [3.63, 3.8) is 0 Å². The van der Waals surface area contributed by atoms with E-state index in [1.807, 2.05) is 31.4 Å². The minimum Gasteiger partial charge on any atom is -0.397 e. The summed E-state index contributed by atoms with van der Waals surface area (Å²) in [5.41, 5.74) is 7.16. The molecule has 5 heteroatoms. The standard InChI is InChI=1S/C10H13N5/c1-15-5-4-10(14-15)13-7-9-3-2-8(11)6-12-9/h2-6H,7,11H2,1H3,(H,13,14). The van der Waals surface area contributed by atoms with Crippen LogP contribution in [-0.4, -0.2) is 14.8 Å². The van der Waals surface area contributed by atoms with Gasteiger partial charge < -0.3 is 11.1 Å². The number of hydrogen-bond donors (Lipinski definition) is 2. The van der Waals surface area contributed by atoms with E-state index < -0.39 is 0 Å². The van der Waals surface area contributed by atoms with Crippen molar-refractivity contribution in [2.75, 3.05) is 11.1 Å². The lowest BCUT2D eigenvalue weighted by Gasteiger charge is -2.02. The van der Waals surface area contributed by atoms with Gasteiger partial charge in [0.05, 0.1) is 24.1 Å². The molecule has 0 aliphatic rings. The highest BCUT2D eigenvalue weighted by atomic mass is 15.3. The Labute approximate surface area is 87.9 Å². The zero-order valence-electron chi connectivity index (χ0n) is 8.51. The van der Waals surface area contributed by atoms with Crippen LogP contribution in [0.15, 0.2) is 30.6 Å². The molecule has 5 nitrogen and oxygen atoms in total. The van der Waals surface area contributed by atoms with Crippen molar-refractivity contribution in [2.24, 2.45) is 7.05 Å². The van der Waals surface area contributed by atoms with Gasteiger partial charge in [-0.2, -0.15) is 5.10 Å². The molecule has 0 fully saturated rings. The summed E-state index contributed by atoms with van der Waals surface area (Å²) in [5.74, 6) is 0.844. The summed E-state index contributed by atoms with van der Waals surface area (Å²) in [7, 11) is 1.88. The van der Waals surface area contributed by atoms with Crippen molar-refractivity contribution in [1.82, 2.24) is 14.8 Å². The van der Waals surface area contributed by atoms with Gasteiger partial charge in [0, 0.05) is 19.3 Å². The molecule has 0 spiro atoms. The minimum atomic E-state index is 0.650. The first kappa shape index (κ1) is 9.51. The van der Waals surface area contributed by atoms with Gasteiger partial charge in [0.2, 0.25) is 0 Å². The molecule has 0 aliphatic heterocycles. The van der Waals surface area contributed by atoms with Gasteiger partial charge in [0.25, 0.3) is 0 Å². The number of anilines is 2.